The molecular weight excluding hydrogens is 302 g/mol. The number of rotatable bonds is 4. The van der Waals surface area contributed by atoms with Crippen LogP contribution in [0, 0.1) is 21.7 Å². The minimum Gasteiger partial charge on any atom is -0.373 e. The van der Waals surface area contributed by atoms with Crippen LogP contribution >= 0.6 is 11.6 Å². The highest BCUT2D eigenvalue weighted by atomic mass is 35.5. The van der Waals surface area contributed by atoms with Crippen molar-refractivity contribution >= 4 is 23.0 Å². The number of nitrogens with zero attached hydrogens (tertiary/aromatic N) is 1. The third-order valence-electron chi connectivity index (χ3n) is 2.96. The molecule has 0 heterocycles. The largest absolute Gasteiger partial charge is 0.373 e. The SMILES string of the molecule is CC(Nc1ccc(F)cc1[N+](=O)[O-])c1ccc(F)cc1Cl. The topological polar surface area (TPSA) is 55.2 Å². The fourth-order valence-electron chi connectivity index (χ4n) is 1.94. The number of nitrogens with one attached hydrogen (secondary N) is 1. The van der Waals surface area contributed by atoms with Gasteiger partial charge < -0.3 is 5.32 Å². The molecule has 7 heteroatoms. The van der Waals surface area contributed by atoms with Crippen LogP contribution in [-0.2, 0) is 0 Å². The van der Waals surface area contributed by atoms with Crippen LogP contribution in [0.3, 0.4) is 0 Å². The van der Waals surface area contributed by atoms with Gasteiger partial charge in [0, 0.05) is 5.02 Å². The summed E-state index contributed by atoms with van der Waals surface area (Å²) in [5, 5.41) is 14.0. The second-order valence-corrected chi connectivity index (χ2v) is 4.86. The number of nitro groups is 1. The molecule has 2 rings (SSSR count). The average Bonchev–Trinajstić information content (AvgIpc) is 2.40. The summed E-state index contributed by atoms with van der Waals surface area (Å²) in [6, 6.07) is 6.72. The van der Waals surface area contributed by atoms with Gasteiger partial charge in [-0.05, 0) is 36.8 Å². The molecular formula is C14H11ClF2N2O2. The molecule has 2 aromatic carbocycles. The molecule has 0 spiro atoms. The van der Waals surface area contributed by atoms with Gasteiger partial charge in [-0.3, -0.25) is 10.1 Å². The molecule has 0 saturated heterocycles. The van der Waals surface area contributed by atoms with Gasteiger partial charge in [-0.1, -0.05) is 17.7 Å². The molecule has 1 atom stereocenters. The molecule has 0 aliphatic carbocycles. The van der Waals surface area contributed by atoms with Gasteiger partial charge in [-0.25, -0.2) is 8.78 Å². The first-order valence-corrected chi connectivity index (χ1v) is 6.41. The van der Waals surface area contributed by atoms with Gasteiger partial charge in [0.15, 0.2) is 0 Å². The van der Waals surface area contributed by atoms with Crippen molar-refractivity contribution in [3.63, 3.8) is 0 Å². The van der Waals surface area contributed by atoms with Gasteiger partial charge in [0.2, 0.25) is 0 Å². The third-order valence-corrected chi connectivity index (χ3v) is 3.28. The van der Waals surface area contributed by atoms with E-state index in [0.29, 0.717) is 5.56 Å². The Labute approximate surface area is 124 Å². The minimum absolute atomic E-state index is 0.161. The van der Waals surface area contributed by atoms with Gasteiger partial charge in [-0.2, -0.15) is 0 Å². The van der Waals surface area contributed by atoms with E-state index in [1.807, 2.05) is 0 Å². The van der Waals surface area contributed by atoms with E-state index < -0.39 is 22.6 Å². The van der Waals surface area contributed by atoms with Crippen molar-refractivity contribution < 1.29 is 13.7 Å². The maximum absolute atomic E-state index is 13.1. The summed E-state index contributed by atoms with van der Waals surface area (Å²) in [4.78, 5) is 10.3. The molecule has 0 aliphatic rings. The van der Waals surface area contributed by atoms with Crippen LogP contribution in [0.1, 0.15) is 18.5 Å². The molecule has 0 fully saturated rings. The lowest BCUT2D eigenvalue weighted by Crippen LogP contribution is -2.09. The molecule has 1 N–H and O–H groups in total. The van der Waals surface area contributed by atoms with Crippen molar-refractivity contribution in [3.05, 3.63) is 68.7 Å². The highest BCUT2D eigenvalue weighted by Gasteiger charge is 2.18. The lowest BCUT2D eigenvalue weighted by atomic mass is 10.1. The number of nitro benzene ring substituents is 1. The number of hydrogen-bond donors (Lipinski definition) is 1. The molecule has 1 unspecified atom stereocenters. The summed E-state index contributed by atoms with van der Waals surface area (Å²) < 4.78 is 26.1. The maximum Gasteiger partial charge on any atom is 0.295 e. The number of anilines is 1. The van der Waals surface area contributed by atoms with Crippen LogP contribution in [0.15, 0.2) is 36.4 Å². The van der Waals surface area contributed by atoms with E-state index in [0.717, 1.165) is 18.2 Å². The first kappa shape index (κ1) is 15.2. The fourth-order valence-corrected chi connectivity index (χ4v) is 2.27. The predicted octanol–water partition coefficient (Wildman–Crippen LogP) is 4.70. The van der Waals surface area contributed by atoms with E-state index in [9.17, 15) is 18.9 Å². The Morgan fingerprint density at radius 2 is 1.81 bits per heavy atom. The van der Waals surface area contributed by atoms with Gasteiger partial charge in [0.05, 0.1) is 17.0 Å². The lowest BCUT2D eigenvalue weighted by Gasteiger charge is -2.17. The average molecular weight is 313 g/mol. The molecule has 0 bridgehead atoms. The molecule has 0 amide bonds. The monoisotopic (exact) mass is 312 g/mol. The molecule has 2 aromatic rings. The Morgan fingerprint density at radius 1 is 1.19 bits per heavy atom. The van der Waals surface area contributed by atoms with E-state index in [-0.39, 0.29) is 16.4 Å². The molecule has 110 valence electrons. The normalized spacial score (nSPS) is 12.0. The van der Waals surface area contributed by atoms with Gasteiger partial charge in [0.1, 0.15) is 17.3 Å². The van der Waals surface area contributed by atoms with Crippen molar-refractivity contribution in [2.75, 3.05) is 5.32 Å². The van der Waals surface area contributed by atoms with E-state index >= 15 is 0 Å². The van der Waals surface area contributed by atoms with Crippen LogP contribution in [0.4, 0.5) is 20.2 Å². The summed E-state index contributed by atoms with van der Waals surface area (Å²) in [7, 11) is 0. The quantitative estimate of drug-likeness (QED) is 0.657. The van der Waals surface area contributed by atoms with Crippen LogP contribution in [0.5, 0.6) is 0 Å². The standard InChI is InChI=1S/C14H11ClF2N2O2/c1-8(11-4-2-9(16)6-12(11)15)18-13-5-3-10(17)7-14(13)19(20)21/h2-8,18H,1H3. The Bertz CT molecular complexity index is 695. The molecule has 0 saturated carbocycles. The van der Waals surface area contributed by atoms with Crippen LogP contribution in [0.25, 0.3) is 0 Å². The van der Waals surface area contributed by atoms with E-state index in [2.05, 4.69) is 5.32 Å². The zero-order valence-electron chi connectivity index (χ0n) is 10.9. The molecule has 4 nitrogen and oxygen atoms in total. The van der Waals surface area contributed by atoms with Crippen molar-refractivity contribution in [2.45, 2.75) is 13.0 Å². The predicted molar refractivity (Wildman–Crippen MR) is 76.5 cm³/mol. The Hall–Kier alpha value is -2.21. The van der Waals surface area contributed by atoms with Crippen molar-refractivity contribution in [1.29, 1.82) is 0 Å². The number of hydrogen-bond acceptors (Lipinski definition) is 3. The summed E-state index contributed by atoms with van der Waals surface area (Å²) in [6.07, 6.45) is 0. The maximum atomic E-state index is 13.1. The third kappa shape index (κ3) is 3.46. The Kier molecular flexibility index (Phi) is 4.37. The zero-order valence-corrected chi connectivity index (χ0v) is 11.7. The van der Waals surface area contributed by atoms with Gasteiger partial charge in [-0.15, -0.1) is 0 Å². The highest BCUT2D eigenvalue weighted by molar-refractivity contribution is 6.31. The lowest BCUT2D eigenvalue weighted by molar-refractivity contribution is -0.384. The fraction of sp³-hybridized carbons (Fsp3) is 0.143. The summed E-state index contributed by atoms with van der Waals surface area (Å²) >= 11 is 5.94. The summed E-state index contributed by atoms with van der Waals surface area (Å²) in [5.74, 6) is -1.16. The van der Waals surface area contributed by atoms with Gasteiger partial charge >= 0.3 is 0 Å². The van der Waals surface area contributed by atoms with E-state index in [1.165, 1.54) is 18.2 Å². The summed E-state index contributed by atoms with van der Waals surface area (Å²) in [5.41, 5.74) is 0.367. The highest BCUT2D eigenvalue weighted by Crippen LogP contribution is 2.31. The molecule has 0 aliphatic heterocycles. The second-order valence-electron chi connectivity index (χ2n) is 4.45. The second kappa shape index (κ2) is 6.05. The number of benzene rings is 2. The molecule has 0 radical (unpaired) electrons. The van der Waals surface area contributed by atoms with Crippen molar-refractivity contribution in [2.24, 2.45) is 0 Å². The molecule has 0 aromatic heterocycles. The zero-order chi connectivity index (χ0) is 15.6. The van der Waals surface area contributed by atoms with Crippen LogP contribution in [0.2, 0.25) is 5.02 Å². The first-order valence-electron chi connectivity index (χ1n) is 6.04. The van der Waals surface area contributed by atoms with Gasteiger partial charge in [0.25, 0.3) is 5.69 Å². The number of halogens is 3. The van der Waals surface area contributed by atoms with Crippen molar-refractivity contribution in [1.82, 2.24) is 0 Å². The Balaban J connectivity index is 2.31. The van der Waals surface area contributed by atoms with Crippen LogP contribution in [-0.4, -0.2) is 4.92 Å². The molecule has 21 heavy (non-hydrogen) atoms. The Morgan fingerprint density at radius 3 is 2.43 bits per heavy atom. The minimum atomic E-state index is -0.695. The summed E-state index contributed by atoms with van der Waals surface area (Å²) in [6.45, 7) is 1.71. The smallest absolute Gasteiger partial charge is 0.295 e. The van der Waals surface area contributed by atoms with E-state index in [1.54, 1.807) is 6.92 Å². The first-order chi connectivity index (χ1) is 9.88. The van der Waals surface area contributed by atoms with E-state index in [4.69, 9.17) is 11.6 Å². The van der Waals surface area contributed by atoms with Crippen molar-refractivity contribution in [3.8, 4) is 0 Å². The van der Waals surface area contributed by atoms with Crippen LogP contribution < -0.4 is 5.32 Å².